The van der Waals surface area contributed by atoms with E-state index in [0.29, 0.717) is 44.3 Å². The van der Waals surface area contributed by atoms with E-state index < -0.39 is 10.0 Å². The first-order valence-electron chi connectivity index (χ1n) is 9.21. The lowest BCUT2D eigenvalue weighted by atomic mass is 10.3. The van der Waals surface area contributed by atoms with E-state index in [4.69, 9.17) is 4.74 Å². The van der Waals surface area contributed by atoms with Crippen LogP contribution in [0.1, 0.15) is 0 Å². The Morgan fingerprint density at radius 3 is 1.86 bits per heavy atom. The number of sulfonamides is 1. The molecule has 150 valence electrons. The Hall–Kier alpha value is -1.75. The van der Waals surface area contributed by atoms with Crippen molar-refractivity contribution in [3.63, 3.8) is 0 Å². The monoisotopic (exact) mass is 467 g/mol. The lowest BCUT2D eigenvalue weighted by Gasteiger charge is -2.34. The fraction of sp³-hybridized carbons (Fsp3) is 0.444. The number of aromatic nitrogens is 2. The normalized spacial score (nSPS) is 19.0. The third kappa shape index (κ3) is 4.14. The number of rotatable bonds is 4. The number of morpholine rings is 1. The molecule has 2 saturated heterocycles. The highest BCUT2D eigenvalue weighted by molar-refractivity contribution is 9.10. The van der Waals surface area contributed by atoms with E-state index in [-0.39, 0.29) is 0 Å². The van der Waals surface area contributed by atoms with E-state index in [1.807, 2.05) is 12.1 Å². The van der Waals surface area contributed by atoms with Crippen LogP contribution < -0.4 is 9.80 Å². The van der Waals surface area contributed by atoms with Crippen LogP contribution in [0.2, 0.25) is 0 Å². The van der Waals surface area contributed by atoms with Crippen LogP contribution in [-0.2, 0) is 14.8 Å². The second-order valence-electron chi connectivity index (χ2n) is 6.69. The summed E-state index contributed by atoms with van der Waals surface area (Å²) in [5.74, 6) is 1.63. The first-order valence-corrected chi connectivity index (χ1v) is 11.4. The highest BCUT2D eigenvalue weighted by atomic mass is 79.9. The highest BCUT2D eigenvalue weighted by Crippen LogP contribution is 2.22. The van der Waals surface area contributed by atoms with E-state index in [0.717, 1.165) is 29.2 Å². The molecule has 0 radical (unpaired) electrons. The van der Waals surface area contributed by atoms with Crippen LogP contribution in [0.3, 0.4) is 0 Å². The molecule has 2 aliphatic rings. The van der Waals surface area contributed by atoms with E-state index in [2.05, 4.69) is 35.9 Å². The van der Waals surface area contributed by atoms with Crippen molar-refractivity contribution in [2.24, 2.45) is 0 Å². The van der Waals surface area contributed by atoms with E-state index in [1.54, 1.807) is 24.3 Å². The van der Waals surface area contributed by atoms with Gasteiger partial charge in [0.05, 0.1) is 18.1 Å². The van der Waals surface area contributed by atoms with Crippen LogP contribution in [0.25, 0.3) is 0 Å². The van der Waals surface area contributed by atoms with Crippen molar-refractivity contribution in [1.29, 1.82) is 0 Å². The van der Waals surface area contributed by atoms with Gasteiger partial charge in [-0.15, -0.1) is 10.2 Å². The Bertz CT molecular complexity index is 894. The Morgan fingerprint density at radius 2 is 1.32 bits per heavy atom. The van der Waals surface area contributed by atoms with Crippen molar-refractivity contribution in [1.82, 2.24) is 14.5 Å². The standard InChI is InChI=1S/C18H22BrN5O3S/c19-15-1-3-16(4-2-15)28(25,26)24-9-7-22(8-10-24)17-5-6-18(21-20-17)23-11-13-27-14-12-23/h1-6H,7-14H2. The summed E-state index contributed by atoms with van der Waals surface area (Å²) in [5.41, 5.74) is 0. The van der Waals surface area contributed by atoms with Crippen molar-refractivity contribution < 1.29 is 13.2 Å². The number of anilines is 2. The van der Waals surface area contributed by atoms with Gasteiger partial charge >= 0.3 is 0 Å². The number of hydrogen-bond donors (Lipinski definition) is 0. The number of piperazine rings is 1. The molecule has 8 nitrogen and oxygen atoms in total. The van der Waals surface area contributed by atoms with Crippen LogP contribution in [-0.4, -0.2) is 75.4 Å². The number of benzene rings is 1. The van der Waals surface area contributed by atoms with Crippen LogP contribution in [0, 0.1) is 0 Å². The number of ether oxygens (including phenoxy) is 1. The maximum Gasteiger partial charge on any atom is 0.243 e. The average Bonchev–Trinajstić information content (AvgIpc) is 2.75. The van der Waals surface area contributed by atoms with Crippen LogP contribution >= 0.6 is 15.9 Å². The van der Waals surface area contributed by atoms with Gasteiger partial charge in [0.2, 0.25) is 10.0 Å². The predicted molar refractivity (Wildman–Crippen MR) is 110 cm³/mol. The molecule has 0 saturated carbocycles. The fourth-order valence-corrected chi connectivity index (χ4v) is 5.05. The molecule has 28 heavy (non-hydrogen) atoms. The second kappa shape index (κ2) is 8.32. The molecular weight excluding hydrogens is 446 g/mol. The molecule has 2 aromatic rings. The van der Waals surface area contributed by atoms with Gasteiger partial charge in [0.1, 0.15) is 0 Å². The van der Waals surface area contributed by atoms with Gasteiger partial charge in [0.25, 0.3) is 0 Å². The first kappa shape index (κ1) is 19.6. The van der Waals surface area contributed by atoms with E-state index in [9.17, 15) is 8.42 Å². The third-order valence-corrected chi connectivity index (χ3v) is 7.43. The lowest BCUT2D eigenvalue weighted by molar-refractivity contribution is 0.122. The van der Waals surface area contributed by atoms with Crippen LogP contribution in [0.5, 0.6) is 0 Å². The van der Waals surface area contributed by atoms with Gasteiger partial charge in [-0.05, 0) is 36.4 Å². The highest BCUT2D eigenvalue weighted by Gasteiger charge is 2.29. The summed E-state index contributed by atoms with van der Waals surface area (Å²) in [6.07, 6.45) is 0. The molecule has 0 aliphatic carbocycles. The predicted octanol–water partition coefficient (Wildman–Crippen LogP) is 1.59. The molecule has 2 aliphatic heterocycles. The van der Waals surface area contributed by atoms with Crippen molar-refractivity contribution in [3.05, 3.63) is 40.9 Å². The quantitative estimate of drug-likeness (QED) is 0.675. The molecule has 0 N–H and O–H groups in total. The largest absolute Gasteiger partial charge is 0.378 e. The Morgan fingerprint density at radius 1 is 0.786 bits per heavy atom. The molecule has 1 aromatic heterocycles. The topological polar surface area (TPSA) is 78.9 Å². The maximum atomic E-state index is 12.8. The zero-order chi connectivity index (χ0) is 19.6. The summed E-state index contributed by atoms with van der Waals surface area (Å²) in [6, 6.07) is 10.7. The molecule has 0 atom stereocenters. The smallest absolute Gasteiger partial charge is 0.243 e. The van der Waals surface area contributed by atoms with Crippen molar-refractivity contribution in [2.75, 3.05) is 62.3 Å². The first-order chi connectivity index (χ1) is 13.5. The van der Waals surface area contributed by atoms with E-state index >= 15 is 0 Å². The Balaban J connectivity index is 1.39. The van der Waals surface area contributed by atoms with Crippen molar-refractivity contribution in [2.45, 2.75) is 4.90 Å². The molecule has 3 heterocycles. The van der Waals surface area contributed by atoms with Crippen LogP contribution in [0.4, 0.5) is 11.6 Å². The molecule has 0 unspecified atom stereocenters. The zero-order valence-electron chi connectivity index (χ0n) is 15.4. The molecule has 0 spiro atoms. The molecule has 0 amide bonds. The number of hydrogen-bond acceptors (Lipinski definition) is 7. The Kier molecular flexibility index (Phi) is 5.81. The third-order valence-electron chi connectivity index (χ3n) is 4.99. The molecule has 10 heteroatoms. The zero-order valence-corrected chi connectivity index (χ0v) is 17.8. The molecule has 4 rings (SSSR count). The summed E-state index contributed by atoms with van der Waals surface area (Å²) < 4.78 is 33.4. The van der Waals surface area contributed by atoms with Gasteiger partial charge in [-0.1, -0.05) is 15.9 Å². The molecule has 1 aromatic carbocycles. The summed E-state index contributed by atoms with van der Waals surface area (Å²) in [5, 5.41) is 8.70. The molecular formula is C18H22BrN5O3S. The minimum atomic E-state index is -3.47. The second-order valence-corrected chi connectivity index (χ2v) is 9.55. The van der Waals surface area contributed by atoms with Crippen LogP contribution in [0.15, 0.2) is 45.8 Å². The lowest BCUT2D eigenvalue weighted by Crippen LogP contribution is -2.49. The minimum absolute atomic E-state index is 0.318. The average molecular weight is 468 g/mol. The molecule has 0 bridgehead atoms. The number of nitrogens with zero attached hydrogens (tertiary/aromatic N) is 5. The number of halogens is 1. The van der Waals surface area contributed by atoms with Gasteiger partial charge in [0.15, 0.2) is 11.6 Å². The summed E-state index contributed by atoms with van der Waals surface area (Å²) in [6.45, 7) is 5.07. The van der Waals surface area contributed by atoms with Gasteiger partial charge in [-0.25, -0.2) is 8.42 Å². The van der Waals surface area contributed by atoms with Gasteiger partial charge < -0.3 is 14.5 Å². The van der Waals surface area contributed by atoms with Gasteiger partial charge in [-0.3, -0.25) is 0 Å². The van der Waals surface area contributed by atoms with Crippen molar-refractivity contribution >= 4 is 37.6 Å². The minimum Gasteiger partial charge on any atom is -0.378 e. The van der Waals surface area contributed by atoms with Gasteiger partial charge in [0, 0.05) is 43.7 Å². The summed E-state index contributed by atoms with van der Waals surface area (Å²) >= 11 is 3.34. The van der Waals surface area contributed by atoms with E-state index in [1.165, 1.54) is 4.31 Å². The SMILES string of the molecule is O=S(=O)(c1ccc(Br)cc1)N1CCN(c2ccc(N3CCOCC3)nn2)CC1. The molecule has 2 fully saturated rings. The summed E-state index contributed by atoms with van der Waals surface area (Å²) in [7, 11) is -3.47. The van der Waals surface area contributed by atoms with Crippen molar-refractivity contribution in [3.8, 4) is 0 Å². The summed E-state index contributed by atoms with van der Waals surface area (Å²) in [4.78, 5) is 4.55. The maximum absolute atomic E-state index is 12.8. The fourth-order valence-electron chi connectivity index (χ4n) is 3.36. The Labute approximate surface area is 173 Å². The van der Waals surface area contributed by atoms with Gasteiger partial charge in [-0.2, -0.15) is 4.31 Å².